The highest BCUT2D eigenvalue weighted by Gasteiger charge is 2.35. The third-order valence-electron chi connectivity index (χ3n) is 3.41. The van der Waals surface area contributed by atoms with Crippen LogP contribution in [0, 0.1) is 0 Å². The van der Waals surface area contributed by atoms with Crippen LogP contribution in [0.4, 0.5) is 0 Å². The van der Waals surface area contributed by atoms with Gasteiger partial charge in [-0.15, -0.1) is 0 Å². The summed E-state index contributed by atoms with van der Waals surface area (Å²) in [6.07, 6.45) is 0.535. The number of amides is 2. The number of likely N-dealkylation sites (tertiary alicyclic amines) is 1. The van der Waals surface area contributed by atoms with Gasteiger partial charge >= 0.3 is 5.97 Å². The minimum Gasteiger partial charge on any atom is -0.477 e. The van der Waals surface area contributed by atoms with E-state index in [0.29, 0.717) is 25.9 Å². The molecule has 1 atom stereocenters. The Morgan fingerprint density at radius 2 is 2.00 bits per heavy atom. The molecule has 8 heteroatoms. The topological polar surface area (TPSA) is 108 Å². The number of piperidine rings is 1. The third kappa shape index (κ3) is 3.25. The Morgan fingerprint density at radius 1 is 1.35 bits per heavy atom. The Kier molecular flexibility index (Phi) is 4.21. The van der Waals surface area contributed by atoms with E-state index >= 15 is 0 Å². The van der Waals surface area contributed by atoms with Gasteiger partial charge in [-0.1, -0.05) is 5.16 Å². The Balaban J connectivity index is 1.81. The van der Waals surface area contributed by atoms with E-state index in [1.165, 1.54) is 6.92 Å². The van der Waals surface area contributed by atoms with Crippen molar-refractivity contribution in [2.75, 3.05) is 13.1 Å². The molecule has 2 amide bonds. The number of nitrogens with one attached hydrogen (secondary N) is 1. The molecule has 1 saturated heterocycles. The van der Waals surface area contributed by atoms with Crippen LogP contribution in [-0.2, 0) is 19.2 Å². The van der Waals surface area contributed by atoms with Gasteiger partial charge in [-0.25, -0.2) is 4.79 Å². The van der Waals surface area contributed by atoms with Crippen LogP contribution in [0.1, 0.15) is 26.2 Å². The number of nitrogens with zero attached hydrogens (tertiary/aromatic N) is 2. The summed E-state index contributed by atoms with van der Waals surface area (Å²) < 4.78 is 0. The van der Waals surface area contributed by atoms with Gasteiger partial charge in [-0.05, 0) is 12.8 Å². The normalized spacial score (nSPS) is 22.9. The summed E-state index contributed by atoms with van der Waals surface area (Å²) >= 11 is 0. The Bertz CT molecular complexity index is 454. The number of carboxylic acids is 1. The van der Waals surface area contributed by atoms with E-state index in [4.69, 9.17) is 9.94 Å². The van der Waals surface area contributed by atoms with Crippen molar-refractivity contribution in [1.82, 2.24) is 10.2 Å². The van der Waals surface area contributed by atoms with Crippen molar-refractivity contribution in [1.29, 1.82) is 0 Å². The molecule has 2 aliphatic rings. The second-order valence-corrected chi connectivity index (χ2v) is 4.94. The molecule has 0 saturated carbocycles. The summed E-state index contributed by atoms with van der Waals surface area (Å²) in [5.74, 6) is -1.48. The summed E-state index contributed by atoms with van der Waals surface area (Å²) in [5.41, 5.74) is -0.128. The molecule has 0 aromatic carbocycles. The van der Waals surface area contributed by atoms with Crippen LogP contribution < -0.4 is 5.32 Å². The van der Waals surface area contributed by atoms with Crippen LogP contribution in [0.2, 0.25) is 0 Å². The van der Waals surface area contributed by atoms with Crippen LogP contribution in [0.25, 0.3) is 0 Å². The number of hydrogen-bond acceptors (Lipinski definition) is 5. The highest BCUT2D eigenvalue weighted by atomic mass is 16.6. The lowest BCUT2D eigenvalue weighted by Gasteiger charge is -2.33. The standard InChI is InChI=1S/C12H17N3O5/c1-7(16)13-8-2-4-15(5-3-8)11(17)10-6-9(12(18)19)14-20-10/h8,10H,2-6H2,1H3,(H,13,16)(H,18,19). The van der Waals surface area contributed by atoms with Crippen molar-refractivity contribution in [3.05, 3.63) is 0 Å². The summed E-state index contributed by atoms with van der Waals surface area (Å²) in [6, 6.07) is 0.0897. The van der Waals surface area contributed by atoms with Gasteiger partial charge in [0.2, 0.25) is 12.0 Å². The van der Waals surface area contributed by atoms with Gasteiger partial charge in [0.15, 0.2) is 5.71 Å². The average molecular weight is 283 g/mol. The number of carbonyl (C=O) groups excluding carboxylic acids is 2. The van der Waals surface area contributed by atoms with E-state index in [1.54, 1.807) is 4.90 Å². The lowest BCUT2D eigenvalue weighted by atomic mass is 10.0. The fraction of sp³-hybridized carbons (Fsp3) is 0.667. The molecule has 2 heterocycles. The van der Waals surface area contributed by atoms with Gasteiger partial charge in [-0.3, -0.25) is 9.59 Å². The second kappa shape index (κ2) is 5.89. The van der Waals surface area contributed by atoms with E-state index in [-0.39, 0.29) is 30.0 Å². The van der Waals surface area contributed by atoms with Gasteiger partial charge in [0, 0.05) is 32.5 Å². The van der Waals surface area contributed by atoms with Crippen molar-refractivity contribution in [2.45, 2.75) is 38.3 Å². The smallest absolute Gasteiger partial charge is 0.353 e. The van der Waals surface area contributed by atoms with Gasteiger partial charge < -0.3 is 20.2 Å². The number of rotatable bonds is 3. The molecule has 0 aromatic rings. The van der Waals surface area contributed by atoms with E-state index in [1.807, 2.05) is 0 Å². The molecule has 0 aliphatic carbocycles. The summed E-state index contributed by atoms with van der Waals surface area (Å²) in [7, 11) is 0. The van der Waals surface area contributed by atoms with E-state index in [2.05, 4.69) is 10.5 Å². The van der Waals surface area contributed by atoms with E-state index < -0.39 is 12.1 Å². The number of oxime groups is 1. The molecule has 2 rings (SSSR count). The maximum absolute atomic E-state index is 12.1. The van der Waals surface area contributed by atoms with E-state index in [0.717, 1.165) is 0 Å². The first-order valence-electron chi connectivity index (χ1n) is 6.49. The first-order chi connectivity index (χ1) is 9.47. The predicted molar refractivity (Wildman–Crippen MR) is 68.0 cm³/mol. The van der Waals surface area contributed by atoms with Crippen LogP contribution in [-0.4, -0.2) is 58.7 Å². The molecule has 1 fully saturated rings. The van der Waals surface area contributed by atoms with Crippen LogP contribution in [0.3, 0.4) is 0 Å². The fourth-order valence-corrected chi connectivity index (χ4v) is 2.37. The van der Waals surface area contributed by atoms with Gasteiger partial charge in [0.1, 0.15) is 0 Å². The zero-order chi connectivity index (χ0) is 14.7. The maximum Gasteiger partial charge on any atom is 0.353 e. The van der Waals surface area contributed by atoms with Gasteiger partial charge in [-0.2, -0.15) is 0 Å². The Labute approximate surface area is 115 Å². The lowest BCUT2D eigenvalue weighted by Crippen LogP contribution is -2.48. The largest absolute Gasteiger partial charge is 0.477 e. The second-order valence-electron chi connectivity index (χ2n) is 4.94. The molecule has 1 unspecified atom stereocenters. The fourth-order valence-electron chi connectivity index (χ4n) is 2.37. The minimum atomic E-state index is -1.16. The molecule has 0 radical (unpaired) electrons. The lowest BCUT2D eigenvalue weighted by molar-refractivity contribution is -0.143. The first-order valence-corrected chi connectivity index (χ1v) is 6.49. The quantitative estimate of drug-likeness (QED) is 0.715. The molecule has 0 bridgehead atoms. The molecule has 110 valence electrons. The maximum atomic E-state index is 12.1. The zero-order valence-corrected chi connectivity index (χ0v) is 11.2. The molecular formula is C12H17N3O5. The van der Waals surface area contributed by atoms with Crippen LogP contribution >= 0.6 is 0 Å². The zero-order valence-electron chi connectivity index (χ0n) is 11.2. The molecule has 0 spiro atoms. The van der Waals surface area contributed by atoms with E-state index in [9.17, 15) is 14.4 Å². The molecule has 20 heavy (non-hydrogen) atoms. The molecular weight excluding hydrogens is 266 g/mol. The Hall–Kier alpha value is -2.12. The van der Waals surface area contributed by atoms with Gasteiger partial charge in [0.05, 0.1) is 0 Å². The molecule has 8 nitrogen and oxygen atoms in total. The number of carbonyl (C=O) groups is 3. The summed E-state index contributed by atoms with van der Waals surface area (Å²) in [5, 5.41) is 15.0. The number of carboxylic acid groups (broad SMARTS) is 1. The van der Waals surface area contributed by atoms with Crippen LogP contribution in [0.15, 0.2) is 5.16 Å². The summed E-state index contributed by atoms with van der Waals surface area (Å²) in [6.45, 7) is 2.51. The summed E-state index contributed by atoms with van der Waals surface area (Å²) in [4.78, 5) is 40.3. The first kappa shape index (κ1) is 14.3. The predicted octanol–water partition coefficient (Wildman–Crippen LogP) is -0.657. The average Bonchev–Trinajstić information content (AvgIpc) is 2.88. The van der Waals surface area contributed by atoms with Crippen molar-refractivity contribution in [2.24, 2.45) is 5.16 Å². The van der Waals surface area contributed by atoms with Gasteiger partial charge in [0.25, 0.3) is 5.91 Å². The van der Waals surface area contributed by atoms with Crippen molar-refractivity contribution in [3.63, 3.8) is 0 Å². The number of hydrogen-bond donors (Lipinski definition) is 2. The van der Waals surface area contributed by atoms with Crippen LogP contribution in [0.5, 0.6) is 0 Å². The monoisotopic (exact) mass is 283 g/mol. The SMILES string of the molecule is CC(=O)NC1CCN(C(=O)C2CC(C(=O)O)=NO2)CC1. The van der Waals surface area contributed by atoms with Crippen molar-refractivity contribution < 1.29 is 24.3 Å². The highest BCUT2D eigenvalue weighted by Crippen LogP contribution is 2.17. The Morgan fingerprint density at radius 3 is 2.50 bits per heavy atom. The van der Waals surface area contributed by atoms with Crippen molar-refractivity contribution >= 4 is 23.5 Å². The third-order valence-corrected chi connectivity index (χ3v) is 3.41. The number of aliphatic carboxylic acids is 1. The molecule has 0 aromatic heterocycles. The molecule has 2 N–H and O–H groups in total. The molecule has 2 aliphatic heterocycles. The highest BCUT2D eigenvalue weighted by molar-refractivity contribution is 6.36. The minimum absolute atomic E-state index is 0.000207. The van der Waals surface area contributed by atoms with Crippen molar-refractivity contribution in [3.8, 4) is 0 Å².